The van der Waals surface area contributed by atoms with E-state index in [-0.39, 0.29) is 24.9 Å². The molecule has 0 aromatic heterocycles. The quantitative estimate of drug-likeness (QED) is 0.498. The molecule has 11 heteroatoms. The molecule has 0 saturated heterocycles. The van der Waals surface area contributed by atoms with Crippen LogP contribution in [0.25, 0.3) is 0 Å². The number of methoxy groups -OCH3 is 1. The molecule has 2 aromatic rings. The average Bonchev–Trinajstić information content (AvgIpc) is 3.30. The van der Waals surface area contributed by atoms with Gasteiger partial charge in [-0.1, -0.05) is 19.1 Å². The Morgan fingerprint density at radius 1 is 1.09 bits per heavy atom. The van der Waals surface area contributed by atoms with E-state index in [1.54, 1.807) is 57.4 Å². The monoisotopic (exact) mass is 505 g/mol. The van der Waals surface area contributed by atoms with Gasteiger partial charge in [-0.2, -0.15) is 0 Å². The van der Waals surface area contributed by atoms with Crippen molar-refractivity contribution in [3.8, 4) is 17.2 Å². The van der Waals surface area contributed by atoms with Crippen LogP contribution in [-0.2, 0) is 26.2 Å². The normalized spacial score (nSPS) is 13.1. The highest BCUT2D eigenvalue weighted by molar-refractivity contribution is 7.92. The molecule has 0 unspecified atom stereocenters. The van der Waals surface area contributed by atoms with Crippen molar-refractivity contribution in [2.45, 2.75) is 32.9 Å². The number of amides is 2. The molecule has 0 bridgehead atoms. The summed E-state index contributed by atoms with van der Waals surface area (Å²) in [7, 11) is -2.28. The zero-order valence-corrected chi connectivity index (χ0v) is 21.1. The summed E-state index contributed by atoms with van der Waals surface area (Å²) in [4.78, 5) is 27.8. The summed E-state index contributed by atoms with van der Waals surface area (Å²) in [6, 6.07) is 11.0. The lowest BCUT2D eigenvalue weighted by molar-refractivity contribution is -0.140. The lowest BCUT2D eigenvalue weighted by Gasteiger charge is -2.32. The van der Waals surface area contributed by atoms with E-state index in [2.05, 4.69) is 5.32 Å². The first kappa shape index (κ1) is 26.1. The van der Waals surface area contributed by atoms with E-state index >= 15 is 0 Å². The third-order valence-corrected chi connectivity index (χ3v) is 6.71. The Bertz CT molecular complexity index is 1150. The number of nitrogens with zero attached hydrogens (tertiary/aromatic N) is 2. The number of nitrogens with one attached hydrogen (secondary N) is 1. The summed E-state index contributed by atoms with van der Waals surface area (Å²) in [6.45, 7) is 3.69. The molecule has 10 nitrogen and oxygen atoms in total. The van der Waals surface area contributed by atoms with Gasteiger partial charge in [-0.25, -0.2) is 8.42 Å². The topological polar surface area (TPSA) is 114 Å². The number of likely N-dealkylation sites (N-methyl/N-ethyl adjacent to an activating group) is 1. The van der Waals surface area contributed by atoms with E-state index in [1.165, 1.54) is 11.0 Å². The van der Waals surface area contributed by atoms with Crippen molar-refractivity contribution in [3.05, 3.63) is 48.0 Å². The SMILES string of the molecule is CCNC(=O)[C@@H](CC)N(Cc1ccc(OC)cc1)C(=O)CN(c1ccc2c(c1)OCO2)S(C)(=O)=O. The maximum absolute atomic E-state index is 13.6. The first-order valence-corrected chi connectivity index (χ1v) is 13.1. The number of hydrogen-bond donors (Lipinski definition) is 1. The number of sulfonamides is 1. The van der Waals surface area contributed by atoms with Crippen molar-refractivity contribution in [2.75, 3.05) is 37.6 Å². The summed E-state index contributed by atoms with van der Waals surface area (Å²) in [5, 5.41) is 2.76. The molecule has 1 aliphatic rings. The van der Waals surface area contributed by atoms with Crippen LogP contribution in [0.4, 0.5) is 5.69 Å². The molecule has 1 N–H and O–H groups in total. The van der Waals surface area contributed by atoms with Gasteiger partial charge in [0.15, 0.2) is 11.5 Å². The van der Waals surface area contributed by atoms with E-state index in [9.17, 15) is 18.0 Å². The number of rotatable bonds is 11. The fourth-order valence-electron chi connectivity index (χ4n) is 3.79. The zero-order valence-electron chi connectivity index (χ0n) is 20.3. The summed E-state index contributed by atoms with van der Waals surface area (Å²) in [5.74, 6) is 0.741. The molecule has 35 heavy (non-hydrogen) atoms. The van der Waals surface area contributed by atoms with Gasteiger partial charge in [0.1, 0.15) is 18.3 Å². The second kappa shape index (κ2) is 11.3. The number of hydrogen-bond acceptors (Lipinski definition) is 7. The Labute approximate surface area is 205 Å². The van der Waals surface area contributed by atoms with Gasteiger partial charge in [-0.15, -0.1) is 0 Å². The smallest absolute Gasteiger partial charge is 0.244 e. The van der Waals surface area contributed by atoms with Gasteiger partial charge in [-0.3, -0.25) is 13.9 Å². The molecular formula is C24H31N3O7S. The molecule has 2 aromatic carbocycles. The van der Waals surface area contributed by atoms with Crippen molar-refractivity contribution < 1.29 is 32.2 Å². The number of carbonyl (C=O) groups is 2. The van der Waals surface area contributed by atoms with Gasteiger partial charge in [-0.05, 0) is 43.2 Å². The van der Waals surface area contributed by atoms with Gasteiger partial charge >= 0.3 is 0 Å². The van der Waals surface area contributed by atoms with Gasteiger partial charge in [0, 0.05) is 19.2 Å². The Morgan fingerprint density at radius 2 is 1.77 bits per heavy atom. The molecule has 2 amide bonds. The Morgan fingerprint density at radius 3 is 2.37 bits per heavy atom. The molecule has 0 spiro atoms. The maximum Gasteiger partial charge on any atom is 0.244 e. The summed E-state index contributed by atoms with van der Waals surface area (Å²) in [5.41, 5.74) is 1.04. The van der Waals surface area contributed by atoms with Crippen LogP contribution in [0.3, 0.4) is 0 Å². The maximum atomic E-state index is 13.6. The van der Waals surface area contributed by atoms with Crippen LogP contribution in [-0.4, -0.2) is 64.4 Å². The molecule has 3 rings (SSSR count). The van der Waals surface area contributed by atoms with Gasteiger partial charge in [0.05, 0.1) is 19.1 Å². The fourth-order valence-corrected chi connectivity index (χ4v) is 4.63. The van der Waals surface area contributed by atoms with Crippen molar-refractivity contribution in [1.82, 2.24) is 10.2 Å². The number of anilines is 1. The standard InChI is InChI=1S/C24H31N3O7S/c1-5-20(24(29)25-6-2)26(14-17-7-10-19(32-3)11-8-17)23(28)15-27(35(4,30)31)18-9-12-21-22(13-18)34-16-33-21/h7-13,20H,5-6,14-16H2,1-4H3,(H,25,29)/t20-/m1/s1. The minimum atomic E-state index is -3.84. The Hall–Kier alpha value is -3.47. The van der Waals surface area contributed by atoms with Gasteiger partial charge in [0.2, 0.25) is 28.6 Å². The summed E-state index contributed by atoms with van der Waals surface area (Å²) >= 11 is 0. The molecule has 1 aliphatic heterocycles. The lowest BCUT2D eigenvalue weighted by Crippen LogP contribution is -2.52. The molecule has 0 fully saturated rings. The van der Waals surface area contributed by atoms with Crippen LogP contribution in [0.5, 0.6) is 17.2 Å². The van der Waals surface area contributed by atoms with Gasteiger partial charge in [0.25, 0.3) is 0 Å². The minimum absolute atomic E-state index is 0.0386. The Kier molecular flexibility index (Phi) is 8.44. The fraction of sp³-hybridized carbons (Fsp3) is 0.417. The first-order chi connectivity index (χ1) is 16.7. The van der Waals surface area contributed by atoms with Crippen LogP contribution in [0.1, 0.15) is 25.8 Å². The van der Waals surface area contributed by atoms with E-state index < -0.39 is 28.5 Å². The molecule has 0 radical (unpaired) electrons. The van der Waals surface area contributed by atoms with Crippen LogP contribution < -0.4 is 23.8 Å². The highest BCUT2D eigenvalue weighted by atomic mass is 32.2. The zero-order chi connectivity index (χ0) is 25.6. The number of benzene rings is 2. The van der Waals surface area contributed by atoms with E-state index in [0.717, 1.165) is 16.1 Å². The highest BCUT2D eigenvalue weighted by Gasteiger charge is 2.32. The minimum Gasteiger partial charge on any atom is -0.497 e. The molecule has 1 atom stereocenters. The second-order valence-corrected chi connectivity index (χ2v) is 9.90. The van der Waals surface area contributed by atoms with E-state index in [4.69, 9.17) is 14.2 Å². The van der Waals surface area contributed by atoms with Crippen LogP contribution in [0.15, 0.2) is 42.5 Å². The van der Waals surface area contributed by atoms with Gasteiger partial charge < -0.3 is 24.4 Å². The van der Waals surface area contributed by atoms with Crippen molar-refractivity contribution in [1.29, 1.82) is 0 Å². The largest absolute Gasteiger partial charge is 0.497 e. The van der Waals surface area contributed by atoms with Crippen LogP contribution in [0, 0.1) is 0 Å². The van der Waals surface area contributed by atoms with Crippen LogP contribution >= 0.6 is 0 Å². The van der Waals surface area contributed by atoms with Crippen LogP contribution in [0.2, 0.25) is 0 Å². The Balaban J connectivity index is 1.93. The summed E-state index contributed by atoms with van der Waals surface area (Å²) < 4.78 is 42.2. The molecule has 0 saturated carbocycles. The number of fused-ring (bicyclic) bond motifs is 1. The van der Waals surface area contributed by atoms with Crippen molar-refractivity contribution in [3.63, 3.8) is 0 Å². The third kappa shape index (κ3) is 6.36. The van der Waals surface area contributed by atoms with Crippen molar-refractivity contribution in [2.24, 2.45) is 0 Å². The first-order valence-electron chi connectivity index (χ1n) is 11.2. The lowest BCUT2D eigenvalue weighted by atomic mass is 10.1. The van der Waals surface area contributed by atoms with Crippen molar-refractivity contribution >= 4 is 27.5 Å². The van der Waals surface area contributed by atoms with E-state index in [0.29, 0.717) is 30.2 Å². The number of ether oxygens (including phenoxy) is 3. The molecule has 1 heterocycles. The predicted molar refractivity (Wildman–Crippen MR) is 131 cm³/mol. The molecule has 0 aliphatic carbocycles. The molecular weight excluding hydrogens is 474 g/mol. The summed E-state index contributed by atoms with van der Waals surface area (Å²) in [6.07, 6.45) is 1.39. The number of carbonyl (C=O) groups excluding carboxylic acids is 2. The predicted octanol–water partition coefficient (Wildman–Crippen LogP) is 2.13. The highest BCUT2D eigenvalue weighted by Crippen LogP contribution is 2.36. The third-order valence-electron chi connectivity index (χ3n) is 5.57. The molecule has 190 valence electrons. The average molecular weight is 506 g/mol. The van der Waals surface area contributed by atoms with E-state index in [1.807, 2.05) is 0 Å². The second-order valence-electron chi connectivity index (χ2n) is 8.00.